The topological polar surface area (TPSA) is 432 Å². The Kier molecular flexibility index (Phi) is 19.9. The zero-order valence-corrected chi connectivity index (χ0v) is 43.9. The average molecular weight is 1130 g/mol. The van der Waals surface area contributed by atoms with Crippen LogP contribution < -0.4 is 37.0 Å². The molecule has 33 heteroatoms. The second-order valence-corrected chi connectivity index (χ2v) is 22.9. The van der Waals surface area contributed by atoms with Gasteiger partial charge in [-0.3, -0.25) is 28.2 Å². The van der Waals surface area contributed by atoms with Crippen molar-refractivity contribution in [2.24, 2.45) is 0 Å². The lowest BCUT2D eigenvalue weighted by Crippen LogP contribution is -2.37. The molecule has 0 radical (unpaired) electrons. The first-order chi connectivity index (χ1) is 35.3. The number of carbonyl (C=O) groups is 1. The molecule has 0 bridgehead atoms. The summed E-state index contributed by atoms with van der Waals surface area (Å²) in [6, 6.07) is 10.2. The molecule has 1 aromatic carbocycles. The molecule has 75 heavy (non-hydrogen) atoms. The number of nitrogens with one attached hydrogen (secondary N) is 3. The molecule has 1 saturated heterocycles. The lowest BCUT2D eigenvalue weighted by molar-refractivity contribution is -0.700. The number of nitrogen functional groups attached to an aromatic ring is 1. The van der Waals surface area contributed by atoms with Crippen molar-refractivity contribution in [1.29, 1.82) is 0 Å². The van der Waals surface area contributed by atoms with Gasteiger partial charge in [0.15, 0.2) is 28.5 Å². The Morgan fingerprint density at radius 2 is 1.63 bits per heavy atom. The zero-order chi connectivity index (χ0) is 54.9. The summed E-state index contributed by atoms with van der Waals surface area (Å²) in [5.74, 6) is -0.558. The van der Waals surface area contributed by atoms with Gasteiger partial charge in [-0.15, -0.1) is 0 Å². The number of hydrogen-bond acceptors (Lipinski definition) is 20. The molecule has 0 saturated carbocycles. The van der Waals surface area contributed by atoms with Gasteiger partial charge in [0.05, 0.1) is 12.2 Å². The number of hydrogen-bond donors (Lipinski definition) is 11. The number of fused-ring (bicyclic) bond motifs is 2. The molecule has 6 rings (SSSR count). The van der Waals surface area contributed by atoms with E-state index in [4.69, 9.17) is 24.7 Å². The number of aromatic amines is 1. The number of phosphoric ester groups is 1. The van der Waals surface area contributed by atoms with Crippen molar-refractivity contribution in [2.75, 3.05) is 48.7 Å². The number of nitrogens with two attached hydrogens (primary N) is 1. The van der Waals surface area contributed by atoms with E-state index in [0.717, 1.165) is 28.7 Å². The van der Waals surface area contributed by atoms with E-state index in [1.807, 2.05) is 32.0 Å². The van der Waals surface area contributed by atoms with E-state index >= 15 is 0 Å². The third-order valence-corrected chi connectivity index (χ3v) is 16.3. The van der Waals surface area contributed by atoms with E-state index in [0.29, 0.717) is 69.3 Å². The lowest BCUT2D eigenvalue weighted by Gasteiger charge is -2.20. The predicted octanol–water partition coefficient (Wildman–Crippen LogP) is 2.67. The molecule has 1 fully saturated rings. The van der Waals surface area contributed by atoms with E-state index in [2.05, 4.69) is 43.6 Å². The molecule has 0 spiro atoms. The molecule has 6 atom stereocenters. The van der Waals surface area contributed by atoms with Crippen LogP contribution in [0.15, 0.2) is 61.5 Å². The van der Waals surface area contributed by atoms with Crippen LogP contribution in [0.25, 0.3) is 34.3 Å². The monoisotopic (exact) mass is 1130 g/mol. The number of imidazole rings is 1. The standard InChI is InChI=1S/C42H58N9O20P3S/c1-3-49(4-2)29-16-13-26-22-27(40(56)69-31(26)23-29)14-15-28-17-18-30(75(64,65)66)24-50(28)21-11-7-8-12-33(52)44-19-9-5-6-10-20-45-42-46-34-37(47-41(43)48-38(34)55)51(42)39-36(54)35(53)32(68-39)25-67-73(60,61)71-74(62,63)70-72(57,58)59/h13-18,22-24,32,35-36,39,53-54H,3-12,19-21,25H2,1-2H3,(H9-,43,44,45,46,47,48,52,55,57,58,59,60,61,62,63,64,65,66)/p+1/t32-,35-,36-,39-/m1/s1. The highest BCUT2D eigenvalue weighted by Crippen LogP contribution is 2.66. The fourth-order valence-corrected chi connectivity index (χ4v) is 11.5. The number of H-pyrrole nitrogens is 1. The summed E-state index contributed by atoms with van der Waals surface area (Å²) in [6.07, 6.45) is 2.10. The SMILES string of the molecule is CCN(CC)c1ccc2cc(/C=C/c3ccc(S(=O)(=O)O)c[n+]3CCCCCC(=O)NCCCCCCNc3nc4c(=O)[nH]c(N)nc4n3[C@@H]3O[C@H](COP(=O)(O)OP(=O)(O)OP(=O)(O)O)[C@@H](O)[C@H]3O)c(=O)oc2c1. The van der Waals surface area contributed by atoms with E-state index in [-0.39, 0.29) is 52.4 Å². The second kappa shape index (κ2) is 25.3. The quantitative estimate of drug-likeness (QED) is 0.0113. The van der Waals surface area contributed by atoms with Crippen LogP contribution in [0.3, 0.4) is 0 Å². The minimum atomic E-state index is -5.85. The van der Waals surface area contributed by atoms with Gasteiger partial charge < -0.3 is 60.2 Å². The van der Waals surface area contributed by atoms with Crippen LogP contribution in [0.4, 0.5) is 17.6 Å². The molecule has 2 unspecified atom stereocenters. The van der Waals surface area contributed by atoms with Crippen molar-refractivity contribution >= 4 is 91.4 Å². The molecular weight excluding hydrogens is 1080 g/mol. The Balaban J connectivity index is 0.942. The van der Waals surface area contributed by atoms with Gasteiger partial charge in [-0.05, 0) is 69.9 Å². The van der Waals surface area contributed by atoms with Crippen molar-refractivity contribution in [3.05, 3.63) is 74.6 Å². The van der Waals surface area contributed by atoms with Gasteiger partial charge in [0.2, 0.25) is 23.5 Å². The maximum atomic E-state index is 13.0. The summed E-state index contributed by atoms with van der Waals surface area (Å²) in [4.78, 5) is 87.5. The summed E-state index contributed by atoms with van der Waals surface area (Å²) in [5.41, 5.74) is 6.25. The summed E-state index contributed by atoms with van der Waals surface area (Å²) in [7, 11) is -21.6. The first-order valence-electron chi connectivity index (χ1n) is 23.4. The number of pyridine rings is 1. The number of benzene rings is 1. The molecule has 5 heterocycles. The third-order valence-electron chi connectivity index (χ3n) is 11.6. The number of nitrogens with zero attached hydrogens (tertiary/aromatic N) is 5. The van der Waals surface area contributed by atoms with Gasteiger partial charge in [0, 0.05) is 68.3 Å². The Morgan fingerprint density at radius 3 is 2.32 bits per heavy atom. The highest BCUT2D eigenvalue weighted by atomic mass is 32.2. The van der Waals surface area contributed by atoms with E-state index in [1.165, 1.54) is 18.3 Å². The van der Waals surface area contributed by atoms with Gasteiger partial charge in [0.1, 0.15) is 30.4 Å². The summed E-state index contributed by atoms with van der Waals surface area (Å²) in [6.45, 7) is 5.55. The Hall–Kier alpha value is -5.26. The van der Waals surface area contributed by atoms with Gasteiger partial charge >= 0.3 is 29.1 Å². The fourth-order valence-electron chi connectivity index (χ4n) is 8.01. The number of rotatable bonds is 28. The molecule has 4 aromatic heterocycles. The number of unbranched alkanes of at least 4 members (excludes halogenated alkanes) is 5. The molecular formula is C42H59N9O20P3S+. The van der Waals surface area contributed by atoms with Crippen LogP contribution in [-0.2, 0) is 53.0 Å². The zero-order valence-electron chi connectivity index (χ0n) is 40.4. The molecule has 5 aromatic rings. The molecule has 12 N–H and O–H groups in total. The Labute approximate surface area is 427 Å². The highest BCUT2D eigenvalue weighted by molar-refractivity contribution is 7.85. The minimum absolute atomic E-state index is 0.0645. The van der Waals surface area contributed by atoms with E-state index in [1.54, 1.807) is 22.8 Å². The highest BCUT2D eigenvalue weighted by Gasteiger charge is 2.48. The summed E-state index contributed by atoms with van der Waals surface area (Å²) < 4.78 is 94.6. The minimum Gasteiger partial charge on any atom is -0.422 e. The largest absolute Gasteiger partial charge is 0.490 e. The predicted molar refractivity (Wildman–Crippen MR) is 268 cm³/mol. The molecule has 1 aliphatic rings. The number of aliphatic hydroxyl groups excluding tert-OH is 2. The molecule has 1 aliphatic heterocycles. The number of aryl methyl sites for hydroxylation is 1. The molecule has 29 nitrogen and oxygen atoms in total. The van der Waals surface area contributed by atoms with Crippen molar-refractivity contribution < 1.29 is 88.1 Å². The number of ether oxygens (including phenoxy) is 1. The van der Waals surface area contributed by atoms with Crippen molar-refractivity contribution in [1.82, 2.24) is 24.8 Å². The lowest BCUT2D eigenvalue weighted by atomic mass is 10.1. The van der Waals surface area contributed by atoms with Crippen molar-refractivity contribution in [3.8, 4) is 0 Å². The third kappa shape index (κ3) is 16.4. The number of amides is 1. The number of aromatic nitrogens is 5. The number of anilines is 3. The maximum absolute atomic E-state index is 13.0. The summed E-state index contributed by atoms with van der Waals surface area (Å²) in [5, 5.41) is 28.3. The number of carbonyl (C=O) groups excluding carboxylic acids is 1. The van der Waals surface area contributed by atoms with Gasteiger partial charge in [0.25, 0.3) is 15.7 Å². The van der Waals surface area contributed by atoms with Crippen LogP contribution in [0.2, 0.25) is 0 Å². The maximum Gasteiger partial charge on any atom is 0.490 e. The van der Waals surface area contributed by atoms with Crippen LogP contribution in [0, 0.1) is 0 Å². The molecule has 1 amide bonds. The first-order valence-corrected chi connectivity index (χ1v) is 29.3. The first kappa shape index (κ1) is 59.0. The molecule has 0 aliphatic carbocycles. The normalized spacial score (nSPS) is 18.9. The van der Waals surface area contributed by atoms with E-state index in [9.17, 15) is 61.0 Å². The van der Waals surface area contributed by atoms with Crippen LogP contribution >= 0.6 is 23.5 Å². The molecule has 412 valence electrons. The van der Waals surface area contributed by atoms with E-state index < -0.39 is 75.9 Å². The van der Waals surface area contributed by atoms with Gasteiger partial charge in [-0.25, -0.2) is 23.5 Å². The summed E-state index contributed by atoms with van der Waals surface area (Å²) >= 11 is 0. The van der Waals surface area contributed by atoms with Gasteiger partial charge in [-0.1, -0.05) is 12.8 Å². The van der Waals surface area contributed by atoms with Crippen LogP contribution in [0.1, 0.15) is 82.7 Å². The number of phosphoric acid groups is 3. The Morgan fingerprint density at radius 1 is 0.920 bits per heavy atom. The average Bonchev–Trinajstić information content (AvgIpc) is 3.81. The fraction of sp³-hybridized carbons (Fsp3) is 0.476. The Bertz CT molecular complexity index is 3260. The smallest absolute Gasteiger partial charge is 0.422 e. The van der Waals surface area contributed by atoms with Crippen LogP contribution in [-0.4, -0.2) is 119 Å². The second-order valence-electron chi connectivity index (χ2n) is 17.0. The van der Waals surface area contributed by atoms with Gasteiger partial charge in [-0.2, -0.15) is 26.6 Å². The van der Waals surface area contributed by atoms with Crippen LogP contribution in [0.5, 0.6) is 0 Å². The number of aliphatic hydroxyl groups is 2. The van der Waals surface area contributed by atoms with Crippen molar-refractivity contribution in [3.63, 3.8) is 0 Å². The van der Waals surface area contributed by atoms with Crippen molar-refractivity contribution in [2.45, 2.75) is 101 Å².